The molecule has 0 radical (unpaired) electrons. The number of aromatic nitrogens is 1. The maximum Gasteiger partial charge on any atom is 0.387 e. The summed E-state index contributed by atoms with van der Waals surface area (Å²) in [6, 6.07) is 12.0. The number of alkyl halides is 2. The molecule has 6 heteroatoms. The van der Waals surface area contributed by atoms with E-state index in [0.29, 0.717) is 5.56 Å². The summed E-state index contributed by atoms with van der Waals surface area (Å²) in [5.74, 6) is -0.125. The monoisotopic (exact) mass is 358 g/mol. The molecule has 0 aliphatic heterocycles. The topological polar surface area (TPSA) is 42.4 Å². The highest BCUT2D eigenvalue weighted by Gasteiger charge is 2.35. The number of carbonyl (C=O) groups excluding carboxylic acids is 1. The van der Waals surface area contributed by atoms with Crippen molar-refractivity contribution in [3.63, 3.8) is 0 Å². The van der Waals surface area contributed by atoms with E-state index in [1.54, 1.807) is 29.3 Å². The summed E-state index contributed by atoms with van der Waals surface area (Å²) in [6.45, 7) is -0.965. The molecular weight excluding hydrogens is 338 g/mol. The van der Waals surface area contributed by atoms with E-state index in [1.165, 1.54) is 18.2 Å². The van der Waals surface area contributed by atoms with Crippen LogP contribution in [0.1, 0.15) is 37.1 Å². The fourth-order valence-electron chi connectivity index (χ4n) is 2.87. The van der Waals surface area contributed by atoms with Crippen molar-refractivity contribution in [1.29, 1.82) is 0 Å². The molecule has 1 heterocycles. The molecule has 1 saturated carbocycles. The van der Waals surface area contributed by atoms with Gasteiger partial charge in [0.25, 0.3) is 0 Å². The van der Waals surface area contributed by atoms with Crippen LogP contribution < -0.4 is 4.74 Å². The number of hydrogen-bond donors (Lipinski definition) is 0. The van der Waals surface area contributed by atoms with Gasteiger partial charge in [0.15, 0.2) is 0 Å². The number of carbonyl (C=O) groups is 1. The highest BCUT2D eigenvalue weighted by atomic mass is 19.3. The Morgan fingerprint density at radius 3 is 2.62 bits per heavy atom. The molecule has 1 aromatic heterocycles. The highest BCUT2D eigenvalue weighted by Crippen LogP contribution is 2.34. The number of para-hydroxylation sites is 1. The molecule has 1 aromatic carbocycles. The Balaban J connectivity index is 1.78. The van der Waals surface area contributed by atoms with Gasteiger partial charge in [-0.3, -0.25) is 9.78 Å². The summed E-state index contributed by atoms with van der Waals surface area (Å²) < 4.78 is 29.5. The average molecular weight is 358 g/mol. The fourth-order valence-corrected chi connectivity index (χ4v) is 2.87. The van der Waals surface area contributed by atoms with Gasteiger partial charge in [0.1, 0.15) is 5.75 Å². The van der Waals surface area contributed by atoms with Gasteiger partial charge in [-0.05, 0) is 44.0 Å². The van der Waals surface area contributed by atoms with Crippen LogP contribution in [0.4, 0.5) is 8.78 Å². The SMILES string of the molecule is CC(c1ccccn1)N(C(=O)C=Cc1ccccc1OC(F)F)C1CC1. The van der Waals surface area contributed by atoms with Gasteiger partial charge >= 0.3 is 6.61 Å². The van der Waals surface area contributed by atoms with E-state index in [1.807, 2.05) is 25.1 Å². The fraction of sp³-hybridized carbons (Fsp3) is 0.300. The molecule has 1 amide bonds. The van der Waals surface area contributed by atoms with E-state index in [9.17, 15) is 13.6 Å². The lowest BCUT2D eigenvalue weighted by Crippen LogP contribution is -2.34. The van der Waals surface area contributed by atoms with E-state index in [0.717, 1.165) is 18.5 Å². The third-order valence-electron chi connectivity index (χ3n) is 4.27. The smallest absolute Gasteiger partial charge is 0.387 e. The Morgan fingerprint density at radius 2 is 1.96 bits per heavy atom. The Kier molecular flexibility index (Phi) is 5.61. The number of halogens is 2. The number of benzene rings is 1. The summed E-state index contributed by atoms with van der Waals surface area (Å²) in [5.41, 5.74) is 1.25. The summed E-state index contributed by atoms with van der Waals surface area (Å²) in [5, 5.41) is 0. The quantitative estimate of drug-likeness (QED) is 0.687. The third kappa shape index (κ3) is 4.45. The molecule has 2 aromatic rings. The first kappa shape index (κ1) is 18.0. The number of nitrogens with zero attached hydrogens (tertiary/aromatic N) is 2. The largest absolute Gasteiger partial charge is 0.434 e. The third-order valence-corrected chi connectivity index (χ3v) is 4.27. The molecular formula is C20H20F2N2O2. The van der Waals surface area contributed by atoms with Crippen LogP contribution in [-0.2, 0) is 4.79 Å². The van der Waals surface area contributed by atoms with Crippen molar-refractivity contribution in [2.45, 2.75) is 38.5 Å². The maximum atomic E-state index is 12.8. The molecule has 1 aliphatic rings. The van der Waals surface area contributed by atoms with E-state index in [4.69, 9.17) is 0 Å². The Hall–Kier alpha value is -2.76. The summed E-state index contributed by atoms with van der Waals surface area (Å²) >= 11 is 0. The molecule has 1 unspecified atom stereocenters. The minimum absolute atomic E-state index is 0.0438. The Morgan fingerprint density at radius 1 is 1.23 bits per heavy atom. The summed E-state index contributed by atoms with van der Waals surface area (Å²) in [7, 11) is 0. The van der Waals surface area contributed by atoms with Gasteiger partial charge in [-0.2, -0.15) is 8.78 Å². The number of rotatable bonds is 7. The van der Waals surface area contributed by atoms with Crippen LogP contribution >= 0.6 is 0 Å². The van der Waals surface area contributed by atoms with Gasteiger partial charge in [-0.15, -0.1) is 0 Å². The van der Waals surface area contributed by atoms with Crippen LogP contribution in [0.3, 0.4) is 0 Å². The number of amides is 1. The van der Waals surface area contributed by atoms with Crippen molar-refractivity contribution in [2.24, 2.45) is 0 Å². The van der Waals surface area contributed by atoms with E-state index in [2.05, 4.69) is 9.72 Å². The van der Waals surface area contributed by atoms with Crippen molar-refractivity contribution in [2.75, 3.05) is 0 Å². The molecule has 1 atom stereocenters. The van der Waals surface area contributed by atoms with Crippen LogP contribution in [-0.4, -0.2) is 28.4 Å². The highest BCUT2D eigenvalue weighted by molar-refractivity contribution is 5.92. The lowest BCUT2D eigenvalue weighted by molar-refractivity contribution is -0.128. The lowest BCUT2D eigenvalue weighted by atomic mass is 10.1. The van der Waals surface area contributed by atoms with Crippen molar-refractivity contribution < 1.29 is 18.3 Å². The van der Waals surface area contributed by atoms with E-state index >= 15 is 0 Å². The minimum atomic E-state index is -2.91. The lowest BCUT2D eigenvalue weighted by Gasteiger charge is -2.28. The van der Waals surface area contributed by atoms with Crippen molar-refractivity contribution in [3.8, 4) is 5.75 Å². The second kappa shape index (κ2) is 8.08. The van der Waals surface area contributed by atoms with Crippen molar-refractivity contribution in [1.82, 2.24) is 9.88 Å². The first-order chi connectivity index (χ1) is 12.6. The average Bonchev–Trinajstić information content (AvgIpc) is 3.46. The number of pyridine rings is 1. The second-order valence-electron chi connectivity index (χ2n) is 6.16. The van der Waals surface area contributed by atoms with Crippen molar-refractivity contribution in [3.05, 3.63) is 66.0 Å². The van der Waals surface area contributed by atoms with Crippen LogP contribution in [0.5, 0.6) is 5.75 Å². The molecule has 1 fully saturated rings. The van der Waals surface area contributed by atoms with Gasteiger partial charge < -0.3 is 9.64 Å². The molecule has 3 rings (SSSR count). The van der Waals surface area contributed by atoms with Crippen LogP contribution in [0.2, 0.25) is 0 Å². The summed E-state index contributed by atoms with van der Waals surface area (Å²) in [4.78, 5) is 18.9. The molecule has 0 bridgehead atoms. The normalized spacial score (nSPS) is 15.2. The number of ether oxygens (including phenoxy) is 1. The first-order valence-electron chi connectivity index (χ1n) is 8.51. The zero-order valence-corrected chi connectivity index (χ0v) is 14.4. The predicted molar refractivity (Wildman–Crippen MR) is 94.6 cm³/mol. The Labute approximate surface area is 151 Å². The molecule has 26 heavy (non-hydrogen) atoms. The van der Waals surface area contributed by atoms with Crippen LogP contribution in [0.25, 0.3) is 6.08 Å². The van der Waals surface area contributed by atoms with Crippen molar-refractivity contribution >= 4 is 12.0 Å². The molecule has 4 nitrogen and oxygen atoms in total. The first-order valence-corrected chi connectivity index (χ1v) is 8.51. The van der Waals surface area contributed by atoms with Gasteiger partial charge in [0, 0.05) is 23.9 Å². The van der Waals surface area contributed by atoms with Gasteiger partial charge in [-0.1, -0.05) is 24.3 Å². The molecule has 0 spiro atoms. The maximum absolute atomic E-state index is 12.8. The molecule has 0 saturated heterocycles. The van der Waals surface area contributed by atoms with Crippen LogP contribution in [0, 0.1) is 0 Å². The molecule has 136 valence electrons. The predicted octanol–water partition coefficient (Wildman–Crippen LogP) is 4.45. The van der Waals surface area contributed by atoms with Crippen LogP contribution in [0.15, 0.2) is 54.7 Å². The summed E-state index contributed by atoms with van der Waals surface area (Å²) in [6.07, 6.45) is 6.55. The van der Waals surface area contributed by atoms with E-state index < -0.39 is 6.61 Å². The zero-order valence-electron chi connectivity index (χ0n) is 14.4. The van der Waals surface area contributed by atoms with Gasteiger partial charge in [0.05, 0.1) is 11.7 Å². The zero-order chi connectivity index (χ0) is 18.5. The standard InChI is InChI=1S/C20H20F2N2O2/c1-14(17-7-4-5-13-23-17)24(16-10-11-16)19(25)12-9-15-6-2-3-8-18(15)26-20(21)22/h2-9,12-14,16,20H,10-11H2,1H3. The molecule has 0 N–H and O–H groups in total. The Bertz CT molecular complexity index is 776. The van der Waals surface area contributed by atoms with E-state index in [-0.39, 0.29) is 23.7 Å². The van der Waals surface area contributed by atoms with Gasteiger partial charge in [0.2, 0.25) is 5.91 Å². The van der Waals surface area contributed by atoms with Gasteiger partial charge in [-0.25, -0.2) is 0 Å². The number of hydrogen-bond acceptors (Lipinski definition) is 3. The second-order valence-corrected chi connectivity index (χ2v) is 6.16. The minimum Gasteiger partial charge on any atom is -0.434 e. The molecule has 1 aliphatic carbocycles.